The standard InChI is InChI=1S/C16H16ClNOS/c1-10-7-8-12(20)9-14(10)16(19)18-11(2)13-5-3-4-6-15(13)17/h3-9,11,20H,1-2H3,(H,18,19). The summed E-state index contributed by atoms with van der Waals surface area (Å²) < 4.78 is 0. The summed E-state index contributed by atoms with van der Waals surface area (Å²) in [6, 6.07) is 12.9. The fraction of sp³-hybridized carbons (Fsp3) is 0.188. The van der Waals surface area contributed by atoms with Crippen LogP contribution in [-0.2, 0) is 0 Å². The van der Waals surface area contributed by atoms with Crippen LogP contribution in [-0.4, -0.2) is 5.91 Å². The average Bonchev–Trinajstić information content (AvgIpc) is 2.41. The molecule has 0 bridgehead atoms. The van der Waals surface area contributed by atoms with Crippen molar-refractivity contribution in [2.45, 2.75) is 24.8 Å². The van der Waals surface area contributed by atoms with E-state index in [2.05, 4.69) is 17.9 Å². The SMILES string of the molecule is Cc1ccc(S)cc1C(=O)NC(C)c1ccccc1Cl. The smallest absolute Gasteiger partial charge is 0.252 e. The van der Waals surface area contributed by atoms with Crippen molar-refractivity contribution in [3.63, 3.8) is 0 Å². The average molecular weight is 306 g/mol. The van der Waals surface area contributed by atoms with Crippen LogP contribution < -0.4 is 5.32 Å². The summed E-state index contributed by atoms with van der Waals surface area (Å²) in [5.74, 6) is -0.120. The van der Waals surface area contributed by atoms with Gasteiger partial charge in [-0.3, -0.25) is 4.79 Å². The Labute approximate surface area is 129 Å². The Balaban J connectivity index is 2.20. The molecule has 0 radical (unpaired) electrons. The molecular formula is C16H16ClNOS. The molecule has 104 valence electrons. The molecule has 0 aliphatic heterocycles. The van der Waals surface area contributed by atoms with E-state index < -0.39 is 0 Å². The van der Waals surface area contributed by atoms with E-state index in [-0.39, 0.29) is 11.9 Å². The van der Waals surface area contributed by atoms with Crippen molar-refractivity contribution in [1.29, 1.82) is 0 Å². The molecule has 0 fully saturated rings. The number of benzene rings is 2. The number of hydrogen-bond donors (Lipinski definition) is 2. The summed E-state index contributed by atoms with van der Waals surface area (Å²) in [6.07, 6.45) is 0. The van der Waals surface area contributed by atoms with E-state index in [4.69, 9.17) is 11.6 Å². The summed E-state index contributed by atoms with van der Waals surface area (Å²) in [5.41, 5.74) is 2.46. The maximum atomic E-state index is 12.3. The number of rotatable bonds is 3. The minimum Gasteiger partial charge on any atom is -0.345 e. The van der Waals surface area contributed by atoms with E-state index in [1.165, 1.54) is 0 Å². The Morgan fingerprint density at radius 3 is 2.65 bits per heavy atom. The maximum Gasteiger partial charge on any atom is 0.252 e. The number of aryl methyl sites for hydroxylation is 1. The van der Waals surface area contributed by atoms with E-state index in [9.17, 15) is 4.79 Å². The van der Waals surface area contributed by atoms with Crippen LogP contribution in [0.5, 0.6) is 0 Å². The fourth-order valence-electron chi connectivity index (χ4n) is 2.03. The van der Waals surface area contributed by atoms with Gasteiger partial charge in [-0.05, 0) is 43.2 Å². The zero-order valence-electron chi connectivity index (χ0n) is 11.4. The molecule has 0 aliphatic carbocycles. The number of amides is 1. The van der Waals surface area contributed by atoms with Crippen molar-refractivity contribution in [3.8, 4) is 0 Å². The first kappa shape index (κ1) is 14.9. The van der Waals surface area contributed by atoms with Gasteiger partial charge in [0.2, 0.25) is 0 Å². The first-order valence-corrected chi connectivity index (χ1v) is 7.16. The van der Waals surface area contributed by atoms with Crippen LogP contribution >= 0.6 is 24.2 Å². The molecular weight excluding hydrogens is 290 g/mol. The summed E-state index contributed by atoms with van der Waals surface area (Å²) in [4.78, 5) is 13.1. The lowest BCUT2D eigenvalue weighted by atomic mass is 10.1. The predicted molar refractivity (Wildman–Crippen MR) is 85.8 cm³/mol. The monoisotopic (exact) mass is 305 g/mol. The normalized spacial score (nSPS) is 12.0. The lowest BCUT2D eigenvalue weighted by Crippen LogP contribution is -2.27. The molecule has 2 aromatic carbocycles. The highest BCUT2D eigenvalue weighted by atomic mass is 35.5. The molecule has 0 aliphatic rings. The van der Waals surface area contributed by atoms with Crippen LogP contribution in [0.4, 0.5) is 0 Å². The second kappa shape index (κ2) is 6.33. The third kappa shape index (κ3) is 3.35. The van der Waals surface area contributed by atoms with Gasteiger partial charge < -0.3 is 5.32 Å². The number of halogens is 1. The second-order valence-electron chi connectivity index (χ2n) is 4.72. The molecule has 2 aromatic rings. The molecule has 2 rings (SSSR count). The maximum absolute atomic E-state index is 12.3. The van der Waals surface area contributed by atoms with Crippen LogP contribution in [0.1, 0.15) is 34.5 Å². The summed E-state index contributed by atoms with van der Waals surface area (Å²) in [7, 11) is 0. The van der Waals surface area contributed by atoms with Gasteiger partial charge in [-0.15, -0.1) is 12.6 Å². The Hall–Kier alpha value is -1.45. The number of thiol groups is 1. The molecule has 1 unspecified atom stereocenters. The highest BCUT2D eigenvalue weighted by Gasteiger charge is 2.15. The zero-order valence-corrected chi connectivity index (χ0v) is 13.0. The van der Waals surface area contributed by atoms with Gasteiger partial charge in [0.05, 0.1) is 6.04 Å². The largest absolute Gasteiger partial charge is 0.345 e. The van der Waals surface area contributed by atoms with Gasteiger partial charge >= 0.3 is 0 Å². The molecule has 1 amide bonds. The minimum atomic E-state index is -0.154. The quantitative estimate of drug-likeness (QED) is 0.807. The molecule has 4 heteroatoms. The van der Waals surface area contributed by atoms with E-state index in [1.807, 2.05) is 50.2 Å². The molecule has 2 nitrogen and oxygen atoms in total. The lowest BCUT2D eigenvalue weighted by molar-refractivity contribution is 0.0939. The topological polar surface area (TPSA) is 29.1 Å². The van der Waals surface area contributed by atoms with Crippen LogP contribution in [0.15, 0.2) is 47.4 Å². The Kier molecular flexibility index (Phi) is 4.73. The molecule has 1 N–H and O–H groups in total. The second-order valence-corrected chi connectivity index (χ2v) is 5.64. The Morgan fingerprint density at radius 1 is 1.25 bits per heavy atom. The van der Waals surface area contributed by atoms with E-state index >= 15 is 0 Å². The first-order valence-electron chi connectivity index (χ1n) is 6.34. The van der Waals surface area contributed by atoms with Gasteiger partial charge in [0.1, 0.15) is 0 Å². The number of carbonyl (C=O) groups is 1. The first-order chi connectivity index (χ1) is 9.49. The highest BCUT2D eigenvalue weighted by molar-refractivity contribution is 7.80. The van der Waals surface area contributed by atoms with E-state index in [0.717, 1.165) is 16.0 Å². The molecule has 20 heavy (non-hydrogen) atoms. The minimum absolute atomic E-state index is 0.120. The molecule has 1 atom stereocenters. The van der Waals surface area contributed by atoms with Gasteiger partial charge in [-0.25, -0.2) is 0 Å². The Morgan fingerprint density at radius 2 is 1.95 bits per heavy atom. The summed E-state index contributed by atoms with van der Waals surface area (Å²) in [5, 5.41) is 3.62. The third-order valence-corrected chi connectivity index (χ3v) is 3.81. The summed E-state index contributed by atoms with van der Waals surface area (Å²) >= 11 is 10.4. The molecule has 0 saturated heterocycles. The van der Waals surface area contributed by atoms with Gasteiger partial charge in [0.25, 0.3) is 5.91 Å². The summed E-state index contributed by atoms with van der Waals surface area (Å²) in [6.45, 7) is 3.82. The molecule has 0 heterocycles. The Bertz CT molecular complexity index is 642. The predicted octanol–water partition coefficient (Wildman–Crippen LogP) is 4.43. The fourth-order valence-corrected chi connectivity index (χ4v) is 2.54. The van der Waals surface area contributed by atoms with Gasteiger partial charge in [0, 0.05) is 15.5 Å². The molecule has 0 saturated carbocycles. The molecule has 0 aromatic heterocycles. The van der Waals surface area contributed by atoms with Crippen molar-refractivity contribution in [2.75, 3.05) is 0 Å². The molecule has 0 spiro atoms. The van der Waals surface area contributed by atoms with Gasteiger partial charge in [-0.2, -0.15) is 0 Å². The van der Waals surface area contributed by atoms with Gasteiger partial charge in [-0.1, -0.05) is 35.9 Å². The van der Waals surface area contributed by atoms with Crippen molar-refractivity contribution in [3.05, 3.63) is 64.2 Å². The van der Waals surface area contributed by atoms with Crippen LogP contribution in [0.2, 0.25) is 5.02 Å². The zero-order chi connectivity index (χ0) is 14.7. The van der Waals surface area contributed by atoms with Crippen molar-refractivity contribution in [1.82, 2.24) is 5.32 Å². The lowest BCUT2D eigenvalue weighted by Gasteiger charge is -2.16. The number of nitrogens with one attached hydrogen (secondary N) is 1. The van der Waals surface area contributed by atoms with E-state index in [1.54, 1.807) is 6.07 Å². The number of carbonyl (C=O) groups excluding carboxylic acids is 1. The third-order valence-electron chi connectivity index (χ3n) is 3.19. The van der Waals surface area contributed by atoms with Crippen LogP contribution in [0.3, 0.4) is 0 Å². The van der Waals surface area contributed by atoms with Crippen LogP contribution in [0, 0.1) is 6.92 Å². The van der Waals surface area contributed by atoms with Crippen molar-refractivity contribution in [2.24, 2.45) is 0 Å². The van der Waals surface area contributed by atoms with Crippen molar-refractivity contribution < 1.29 is 4.79 Å². The van der Waals surface area contributed by atoms with Gasteiger partial charge in [0.15, 0.2) is 0 Å². The highest BCUT2D eigenvalue weighted by Crippen LogP contribution is 2.23. The number of hydrogen-bond acceptors (Lipinski definition) is 2. The van der Waals surface area contributed by atoms with Crippen LogP contribution in [0.25, 0.3) is 0 Å². The van der Waals surface area contributed by atoms with E-state index in [0.29, 0.717) is 10.6 Å². The van der Waals surface area contributed by atoms with Crippen molar-refractivity contribution >= 4 is 30.1 Å².